The maximum atomic E-state index is 12.9. The number of nitriles is 1. The first-order chi connectivity index (χ1) is 15.5. The molecule has 1 saturated carbocycles. The maximum Gasteiger partial charge on any atom is 0.408 e. The number of hydrogen-bond acceptors (Lipinski definition) is 5. The largest absolute Gasteiger partial charge is 0.436 e. The Morgan fingerprint density at radius 3 is 2.31 bits per heavy atom. The summed E-state index contributed by atoms with van der Waals surface area (Å²) in [5.41, 5.74) is 0.668. The lowest BCUT2D eigenvalue weighted by Gasteiger charge is -2.26. The number of carbonyl (C=O) groups is 2. The molecule has 0 aromatic heterocycles. The van der Waals surface area contributed by atoms with Gasteiger partial charge in [-0.3, -0.25) is 4.79 Å². The molecule has 0 unspecified atom stereocenters. The van der Waals surface area contributed by atoms with E-state index in [4.69, 9.17) is 9.47 Å². The molecule has 1 fully saturated rings. The van der Waals surface area contributed by atoms with Gasteiger partial charge in [-0.05, 0) is 30.4 Å². The Morgan fingerprint density at radius 2 is 1.72 bits per heavy atom. The van der Waals surface area contributed by atoms with Gasteiger partial charge in [-0.15, -0.1) is 0 Å². The van der Waals surface area contributed by atoms with Crippen LogP contribution >= 0.6 is 0 Å². The van der Waals surface area contributed by atoms with Crippen LogP contribution in [0.5, 0.6) is 0 Å². The van der Waals surface area contributed by atoms with Gasteiger partial charge in [-0.25, -0.2) is 4.79 Å². The second-order valence-electron chi connectivity index (χ2n) is 8.32. The number of benzene rings is 2. The molecule has 0 heterocycles. The normalized spacial score (nSPS) is 15.6. The number of alkyl carbamates (subject to hydrolysis) is 1. The minimum atomic E-state index is -1.24. The molecule has 2 N–H and O–H groups in total. The smallest absolute Gasteiger partial charge is 0.408 e. The summed E-state index contributed by atoms with van der Waals surface area (Å²) in [6.45, 7) is 2.25. The standard InChI is InChI=1S/C25H29N3O4/c1-25(17-26,18-31-16-21-10-6-3-7-11-21)28-23(29)22(14-19-12-13-19)32-24(30)27-15-20-8-4-2-5-9-20/h2-11,19,22H,12-16,18H2,1H3,(H,27,30)(H,28,29)/t22-,25+/m0/s1. The lowest BCUT2D eigenvalue weighted by molar-refractivity contribution is -0.132. The van der Waals surface area contributed by atoms with Crippen LogP contribution in [0.4, 0.5) is 4.79 Å². The molecule has 32 heavy (non-hydrogen) atoms. The highest BCUT2D eigenvalue weighted by Gasteiger charge is 2.36. The Morgan fingerprint density at radius 1 is 1.09 bits per heavy atom. The predicted octanol–water partition coefficient (Wildman–Crippen LogP) is 3.70. The van der Waals surface area contributed by atoms with Gasteiger partial charge in [0.05, 0.1) is 19.3 Å². The van der Waals surface area contributed by atoms with E-state index in [9.17, 15) is 14.9 Å². The van der Waals surface area contributed by atoms with Crippen LogP contribution in [0.25, 0.3) is 0 Å². The molecule has 2 amide bonds. The van der Waals surface area contributed by atoms with Gasteiger partial charge in [0, 0.05) is 6.54 Å². The summed E-state index contributed by atoms with van der Waals surface area (Å²) in [4.78, 5) is 25.2. The number of carbonyl (C=O) groups excluding carboxylic acids is 2. The zero-order chi connectivity index (χ0) is 22.8. The van der Waals surface area contributed by atoms with Crippen molar-refractivity contribution in [2.45, 2.75) is 51.0 Å². The van der Waals surface area contributed by atoms with E-state index in [1.165, 1.54) is 0 Å². The van der Waals surface area contributed by atoms with Crippen molar-refractivity contribution in [3.05, 3.63) is 71.8 Å². The monoisotopic (exact) mass is 435 g/mol. The number of ether oxygens (including phenoxy) is 2. The number of amides is 2. The number of rotatable bonds is 11. The highest BCUT2D eigenvalue weighted by Crippen LogP contribution is 2.34. The summed E-state index contributed by atoms with van der Waals surface area (Å²) in [5.74, 6) is -0.130. The molecule has 0 bridgehead atoms. The average Bonchev–Trinajstić information content (AvgIpc) is 3.63. The van der Waals surface area contributed by atoms with Crippen molar-refractivity contribution in [3.63, 3.8) is 0 Å². The zero-order valence-corrected chi connectivity index (χ0v) is 18.3. The lowest BCUT2D eigenvalue weighted by atomic mass is 10.0. The summed E-state index contributed by atoms with van der Waals surface area (Å²) >= 11 is 0. The molecule has 2 aromatic carbocycles. The quantitative estimate of drug-likeness (QED) is 0.561. The van der Waals surface area contributed by atoms with Crippen molar-refractivity contribution in [3.8, 4) is 6.07 Å². The molecule has 2 aromatic rings. The van der Waals surface area contributed by atoms with Crippen molar-refractivity contribution in [2.75, 3.05) is 6.61 Å². The Hall–Kier alpha value is -3.37. The van der Waals surface area contributed by atoms with Crippen LogP contribution in [0, 0.1) is 17.2 Å². The molecule has 1 aliphatic rings. The molecule has 7 heteroatoms. The van der Waals surface area contributed by atoms with Gasteiger partial charge in [0.2, 0.25) is 0 Å². The molecule has 0 saturated heterocycles. The minimum Gasteiger partial charge on any atom is -0.436 e. The van der Waals surface area contributed by atoms with Gasteiger partial charge in [0.1, 0.15) is 5.54 Å². The van der Waals surface area contributed by atoms with E-state index < -0.39 is 23.6 Å². The van der Waals surface area contributed by atoms with Crippen LogP contribution in [0.1, 0.15) is 37.3 Å². The highest BCUT2D eigenvalue weighted by atomic mass is 16.6. The third-order valence-corrected chi connectivity index (χ3v) is 5.21. The summed E-state index contributed by atoms with van der Waals surface area (Å²) in [7, 11) is 0. The van der Waals surface area contributed by atoms with Gasteiger partial charge in [-0.1, -0.05) is 73.5 Å². The van der Waals surface area contributed by atoms with Crippen molar-refractivity contribution in [2.24, 2.45) is 5.92 Å². The van der Waals surface area contributed by atoms with Crippen LogP contribution in [-0.4, -0.2) is 30.3 Å². The van der Waals surface area contributed by atoms with Crippen LogP contribution < -0.4 is 10.6 Å². The summed E-state index contributed by atoms with van der Waals surface area (Å²) < 4.78 is 11.1. The van der Waals surface area contributed by atoms with E-state index in [1.807, 2.05) is 60.7 Å². The number of nitrogens with zero attached hydrogens (tertiary/aromatic N) is 1. The Kier molecular flexibility index (Phi) is 8.23. The molecular weight excluding hydrogens is 406 g/mol. The first-order valence-corrected chi connectivity index (χ1v) is 10.8. The molecule has 7 nitrogen and oxygen atoms in total. The SMILES string of the molecule is C[C@@](C#N)(COCc1ccccc1)NC(=O)[C@H](CC1CC1)OC(=O)NCc1ccccc1. The van der Waals surface area contributed by atoms with E-state index in [0.717, 1.165) is 24.0 Å². The highest BCUT2D eigenvalue weighted by molar-refractivity contribution is 5.84. The van der Waals surface area contributed by atoms with Gasteiger partial charge in [0.15, 0.2) is 6.10 Å². The molecule has 0 radical (unpaired) electrons. The number of hydrogen-bond donors (Lipinski definition) is 2. The van der Waals surface area contributed by atoms with Crippen molar-refractivity contribution < 1.29 is 19.1 Å². The van der Waals surface area contributed by atoms with Gasteiger partial charge < -0.3 is 20.1 Å². The molecular formula is C25H29N3O4. The molecule has 0 aliphatic heterocycles. The number of nitrogens with one attached hydrogen (secondary N) is 2. The summed E-state index contributed by atoms with van der Waals surface area (Å²) in [5, 5.41) is 15.0. The zero-order valence-electron chi connectivity index (χ0n) is 18.3. The maximum absolute atomic E-state index is 12.9. The van der Waals surface area contributed by atoms with E-state index in [-0.39, 0.29) is 6.61 Å². The van der Waals surface area contributed by atoms with Crippen molar-refractivity contribution >= 4 is 12.0 Å². The van der Waals surface area contributed by atoms with E-state index in [1.54, 1.807) is 6.92 Å². The molecule has 2 atom stereocenters. The second kappa shape index (κ2) is 11.3. The van der Waals surface area contributed by atoms with Gasteiger partial charge in [0.25, 0.3) is 5.91 Å². The van der Waals surface area contributed by atoms with Gasteiger partial charge in [-0.2, -0.15) is 5.26 Å². The Balaban J connectivity index is 1.52. The van der Waals surface area contributed by atoms with Crippen LogP contribution in [0.3, 0.4) is 0 Å². The molecule has 1 aliphatic carbocycles. The van der Waals surface area contributed by atoms with E-state index in [0.29, 0.717) is 25.5 Å². The topological polar surface area (TPSA) is 100 Å². The summed E-state index contributed by atoms with van der Waals surface area (Å²) in [6.07, 6.45) is 0.841. The fourth-order valence-corrected chi connectivity index (χ4v) is 3.20. The third kappa shape index (κ3) is 7.71. The first kappa shape index (κ1) is 23.3. The Labute approximate surface area is 188 Å². The fourth-order valence-electron chi connectivity index (χ4n) is 3.20. The van der Waals surface area contributed by atoms with Crippen LogP contribution in [0.15, 0.2) is 60.7 Å². The van der Waals surface area contributed by atoms with Crippen LogP contribution in [0.2, 0.25) is 0 Å². The van der Waals surface area contributed by atoms with Gasteiger partial charge >= 0.3 is 6.09 Å². The van der Waals surface area contributed by atoms with Crippen LogP contribution in [-0.2, 0) is 27.4 Å². The molecule has 3 rings (SSSR count). The van der Waals surface area contributed by atoms with E-state index >= 15 is 0 Å². The fraction of sp³-hybridized carbons (Fsp3) is 0.400. The average molecular weight is 436 g/mol. The lowest BCUT2D eigenvalue weighted by Crippen LogP contribution is -2.53. The van der Waals surface area contributed by atoms with Crippen molar-refractivity contribution in [1.82, 2.24) is 10.6 Å². The predicted molar refractivity (Wildman–Crippen MR) is 119 cm³/mol. The molecule has 0 spiro atoms. The summed E-state index contributed by atoms with van der Waals surface area (Å²) in [6, 6.07) is 21.1. The second-order valence-corrected chi connectivity index (χ2v) is 8.32. The minimum absolute atomic E-state index is 0.0144. The third-order valence-electron chi connectivity index (χ3n) is 5.21. The van der Waals surface area contributed by atoms with Crippen molar-refractivity contribution in [1.29, 1.82) is 5.26 Å². The first-order valence-electron chi connectivity index (χ1n) is 10.8. The Bertz CT molecular complexity index is 925. The van der Waals surface area contributed by atoms with E-state index in [2.05, 4.69) is 16.7 Å². The molecule has 168 valence electrons.